The molecule has 1 heterocycles. The number of hydrogen-bond donors (Lipinski definition) is 3. The van der Waals surface area contributed by atoms with Crippen LogP contribution in [0.3, 0.4) is 0 Å². The third-order valence-electron chi connectivity index (χ3n) is 8.95. The molecule has 0 spiro atoms. The Balaban J connectivity index is 4.22. The molecule has 2 atom stereocenters. The second-order valence-corrected chi connectivity index (χ2v) is 19.0. The van der Waals surface area contributed by atoms with E-state index in [1.54, 1.807) is 56.2 Å². The Morgan fingerprint density at radius 3 is 1.45 bits per heavy atom. The van der Waals surface area contributed by atoms with Crippen molar-refractivity contribution < 1.29 is 48.8 Å². The average molecular weight is 729 g/mol. The van der Waals surface area contributed by atoms with Gasteiger partial charge in [0.2, 0.25) is 0 Å². The van der Waals surface area contributed by atoms with E-state index in [9.17, 15) is 39.3 Å². The second kappa shape index (κ2) is 16.9. The molecule has 1 aliphatic heterocycles. The van der Waals surface area contributed by atoms with Crippen molar-refractivity contribution in [2.24, 2.45) is 16.2 Å². The van der Waals surface area contributed by atoms with E-state index in [4.69, 9.17) is 9.47 Å². The molecule has 1 aliphatic rings. The summed E-state index contributed by atoms with van der Waals surface area (Å²) in [6.45, 7) is 26.6. The van der Waals surface area contributed by atoms with Gasteiger partial charge in [-0.05, 0) is 57.8 Å². The van der Waals surface area contributed by atoms with E-state index in [1.165, 1.54) is 0 Å². The Labute approximate surface area is 305 Å². The Bertz CT molecular complexity index is 1190. The molecule has 0 radical (unpaired) electrons. The number of carboxylic acid groups (broad SMARTS) is 3. The van der Waals surface area contributed by atoms with Gasteiger partial charge in [0, 0.05) is 45.3 Å². The summed E-state index contributed by atoms with van der Waals surface area (Å²) in [5, 5.41) is 31.8. The number of carbonyl (C=O) groups is 5. The molecule has 1 fully saturated rings. The van der Waals surface area contributed by atoms with Crippen molar-refractivity contribution in [3.8, 4) is 0 Å². The van der Waals surface area contributed by atoms with E-state index in [0.717, 1.165) is 0 Å². The van der Waals surface area contributed by atoms with E-state index in [1.807, 2.05) is 67.2 Å². The average Bonchev–Trinajstić information content (AvgIpc) is 2.89. The monoisotopic (exact) mass is 728 g/mol. The molecule has 0 aromatic heterocycles. The first-order valence-electron chi connectivity index (χ1n) is 17.8. The predicted molar refractivity (Wildman–Crippen MR) is 194 cm³/mol. The highest BCUT2D eigenvalue weighted by Crippen LogP contribution is 2.50. The minimum atomic E-state index is -1.61. The highest BCUT2D eigenvalue weighted by Gasteiger charge is 2.62. The quantitative estimate of drug-likeness (QED) is 0.248. The molecular weight excluding hydrogens is 660 g/mol. The summed E-state index contributed by atoms with van der Waals surface area (Å²) in [5.41, 5.74) is -5.88. The summed E-state index contributed by atoms with van der Waals surface area (Å²) >= 11 is 0. The van der Waals surface area contributed by atoms with E-state index < -0.39 is 74.9 Å². The molecule has 0 amide bonds. The smallest absolute Gasteiger partial charge is 0.325 e. The van der Waals surface area contributed by atoms with Crippen molar-refractivity contribution in [1.82, 2.24) is 19.6 Å². The highest BCUT2D eigenvalue weighted by molar-refractivity contribution is 5.81. The summed E-state index contributed by atoms with van der Waals surface area (Å²) in [6.07, 6.45) is 0. The maximum Gasteiger partial charge on any atom is 0.325 e. The third kappa shape index (κ3) is 13.3. The van der Waals surface area contributed by atoms with Crippen LogP contribution >= 0.6 is 0 Å². The molecule has 3 N–H and O–H groups in total. The maximum absolute atomic E-state index is 13.9. The molecule has 0 aromatic rings. The van der Waals surface area contributed by atoms with Gasteiger partial charge in [-0.2, -0.15) is 0 Å². The SMILES string of the molecule is CC(C)(C)OC(=O)CN(CC(=O)OC(C)(C)C)CC1CN(C(C(=O)O)C(C)(C)C)CCN(CC(=O)O)CCN1C(C(=O)O)(C(C)(C)C)C(C)(C)C. The molecule has 0 aromatic carbocycles. The van der Waals surface area contributed by atoms with Crippen LogP contribution in [0.4, 0.5) is 0 Å². The van der Waals surface area contributed by atoms with Gasteiger partial charge in [-0.1, -0.05) is 62.3 Å². The van der Waals surface area contributed by atoms with Gasteiger partial charge in [0.25, 0.3) is 0 Å². The van der Waals surface area contributed by atoms with Crippen LogP contribution in [0.15, 0.2) is 0 Å². The van der Waals surface area contributed by atoms with Gasteiger partial charge in [-0.15, -0.1) is 0 Å². The summed E-state index contributed by atoms with van der Waals surface area (Å²) < 4.78 is 11.3. The van der Waals surface area contributed by atoms with Crippen LogP contribution in [0.25, 0.3) is 0 Å². The van der Waals surface area contributed by atoms with Crippen LogP contribution in [0, 0.1) is 16.2 Å². The number of carbonyl (C=O) groups excluding carboxylic acids is 2. The fourth-order valence-corrected chi connectivity index (χ4v) is 7.88. The lowest BCUT2D eigenvalue weighted by atomic mass is 9.58. The molecule has 14 heteroatoms. The minimum absolute atomic E-state index is 0.0361. The Hall–Kier alpha value is -2.81. The molecule has 1 saturated heterocycles. The third-order valence-corrected chi connectivity index (χ3v) is 8.95. The maximum atomic E-state index is 13.9. The number of ether oxygens (including phenoxy) is 2. The van der Waals surface area contributed by atoms with Crippen LogP contribution in [0.5, 0.6) is 0 Å². The van der Waals surface area contributed by atoms with Crippen LogP contribution in [0.2, 0.25) is 0 Å². The first-order chi connectivity index (χ1) is 22.7. The van der Waals surface area contributed by atoms with Gasteiger partial charge in [0.05, 0.1) is 19.6 Å². The highest BCUT2D eigenvalue weighted by atomic mass is 16.6. The summed E-state index contributed by atoms with van der Waals surface area (Å²) in [4.78, 5) is 72.5. The molecular formula is C37H68N4O10. The van der Waals surface area contributed by atoms with Crippen molar-refractivity contribution in [3.63, 3.8) is 0 Å². The first kappa shape index (κ1) is 46.2. The fourth-order valence-electron chi connectivity index (χ4n) is 7.88. The van der Waals surface area contributed by atoms with E-state index in [-0.39, 0.29) is 58.9 Å². The van der Waals surface area contributed by atoms with Crippen LogP contribution in [-0.4, -0.2) is 152 Å². The number of carboxylic acids is 3. The topological polar surface area (TPSA) is 177 Å². The number of nitrogens with zero attached hydrogens (tertiary/aromatic N) is 4. The number of aliphatic carboxylic acids is 3. The zero-order valence-electron chi connectivity index (χ0n) is 34.0. The zero-order valence-corrected chi connectivity index (χ0v) is 34.0. The number of rotatable bonds is 12. The summed E-state index contributed by atoms with van der Waals surface area (Å²) in [6, 6.07) is -1.82. The molecule has 51 heavy (non-hydrogen) atoms. The second-order valence-electron chi connectivity index (χ2n) is 19.0. The van der Waals surface area contributed by atoms with E-state index in [0.29, 0.717) is 0 Å². The van der Waals surface area contributed by atoms with Crippen molar-refractivity contribution in [1.29, 1.82) is 0 Å². The Morgan fingerprint density at radius 1 is 0.686 bits per heavy atom. The van der Waals surface area contributed by atoms with Gasteiger partial charge < -0.3 is 24.8 Å². The normalized spacial score (nSPS) is 19.1. The van der Waals surface area contributed by atoms with Crippen LogP contribution in [-0.2, 0) is 33.4 Å². The van der Waals surface area contributed by atoms with Gasteiger partial charge in [0.1, 0.15) is 22.8 Å². The van der Waals surface area contributed by atoms with Gasteiger partial charge in [0.15, 0.2) is 0 Å². The fraction of sp³-hybridized carbons (Fsp3) is 0.865. The van der Waals surface area contributed by atoms with Crippen LogP contribution in [0.1, 0.15) is 104 Å². The van der Waals surface area contributed by atoms with Crippen molar-refractivity contribution in [3.05, 3.63) is 0 Å². The summed E-state index contributed by atoms with van der Waals surface area (Å²) in [7, 11) is 0. The van der Waals surface area contributed by atoms with Crippen LogP contribution < -0.4 is 0 Å². The van der Waals surface area contributed by atoms with Crippen molar-refractivity contribution in [2.45, 2.75) is 133 Å². The molecule has 0 saturated carbocycles. The lowest BCUT2D eigenvalue weighted by Gasteiger charge is -2.59. The van der Waals surface area contributed by atoms with Gasteiger partial charge >= 0.3 is 29.8 Å². The molecule has 14 nitrogen and oxygen atoms in total. The van der Waals surface area contributed by atoms with E-state index >= 15 is 0 Å². The zero-order chi connectivity index (χ0) is 40.1. The lowest BCUT2D eigenvalue weighted by molar-refractivity contribution is -0.184. The Kier molecular flexibility index (Phi) is 15.3. The predicted octanol–water partition coefficient (Wildman–Crippen LogP) is 3.76. The van der Waals surface area contributed by atoms with Gasteiger partial charge in [-0.25, -0.2) is 0 Å². The van der Waals surface area contributed by atoms with Crippen molar-refractivity contribution >= 4 is 29.8 Å². The standard InChI is InChI=1S/C37H68N4O10/c1-32(2,3)29(30(46)47)40-18-16-38(22-26(42)43)17-19-41(37(31(48)49,33(4,5)6)34(7,8)9)25(21-40)20-39(23-27(44)50-35(10,11)12)24-28(45)51-36(13,14)15/h25,29H,16-24H2,1-15H3,(H,42,43)(H,46,47)(H,48,49). The largest absolute Gasteiger partial charge is 0.480 e. The number of hydrogen-bond acceptors (Lipinski definition) is 11. The first-order valence-corrected chi connectivity index (χ1v) is 17.8. The molecule has 1 rings (SSSR count). The molecule has 0 bridgehead atoms. The number of esters is 2. The van der Waals surface area contributed by atoms with Gasteiger partial charge in [-0.3, -0.25) is 43.6 Å². The Morgan fingerprint density at radius 2 is 1.12 bits per heavy atom. The van der Waals surface area contributed by atoms with Crippen molar-refractivity contribution in [2.75, 3.05) is 58.9 Å². The van der Waals surface area contributed by atoms with E-state index in [2.05, 4.69) is 0 Å². The molecule has 296 valence electrons. The lowest BCUT2D eigenvalue weighted by Crippen LogP contribution is -2.74. The summed E-state index contributed by atoms with van der Waals surface area (Å²) in [5.74, 6) is -4.43. The molecule has 0 aliphatic carbocycles. The minimum Gasteiger partial charge on any atom is -0.480 e. The molecule has 2 unspecified atom stereocenters.